The molecule has 3 aromatic carbocycles. The molecule has 2 aliphatic heterocycles. The van der Waals surface area contributed by atoms with E-state index in [9.17, 15) is 14.7 Å². The van der Waals surface area contributed by atoms with Crippen LogP contribution in [-0.4, -0.2) is 39.4 Å². The van der Waals surface area contributed by atoms with Crippen LogP contribution in [0, 0.1) is 0 Å². The fourth-order valence-corrected chi connectivity index (χ4v) is 5.62. The molecule has 0 aliphatic carbocycles. The van der Waals surface area contributed by atoms with Crippen molar-refractivity contribution in [1.82, 2.24) is 9.88 Å². The first-order chi connectivity index (χ1) is 20.9. The number of ether oxygens (including phenoxy) is 3. The largest absolute Gasteiger partial charge is 0.507 e. The molecule has 2 aliphatic rings. The Morgan fingerprint density at radius 3 is 2.51 bits per heavy atom. The average Bonchev–Trinajstić information content (AvgIpc) is 3.52. The highest BCUT2D eigenvalue weighted by molar-refractivity contribution is 6.46. The Morgan fingerprint density at radius 2 is 1.74 bits per heavy atom. The molecular formula is C35H32N2O6. The Bertz CT molecular complexity index is 1690. The zero-order valence-corrected chi connectivity index (χ0v) is 24.0. The van der Waals surface area contributed by atoms with Gasteiger partial charge >= 0.3 is 0 Å². The quantitative estimate of drug-likeness (QED) is 0.148. The number of hydrogen-bond acceptors (Lipinski definition) is 7. The molecule has 0 bridgehead atoms. The lowest BCUT2D eigenvalue weighted by molar-refractivity contribution is -0.140. The van der Waals surface area contributed by atoms with Gasteiger partial charge in [0.05, 0.1) is 18.2 Å². The van der Waals surface area contributed by atoms with Crippen LogP contribution >= 0.6 is 0 Å². The highest BCUT2D eigenvalue weighted by Crippen LogP contribution is 2.43. The molecule has 1 fully saturated rings. The predicted octanol–water partition coefficient (Wildman–Crippen LogP) is 6.00. The van der Waals surface area contributed by atoms with Crippen LogP contribution in [0.1, 0.15) is 47.7 Å². The third-order valence-electron chi connectivity index (χ3n) is 7.63. The third kappa shape index (κ3) is 5.68. The lowest BCUT2D eigenvalue weighted by atomic mass is 9.94. The van der Waals surface area contributed by atoms with E-state index < -0.39 is 17.7 Å². The summed E-state index contributed by atoms with van der Waals surface area (Å²) in [7, 11) is 0. The zero-order chi connectivity index (χ0) is 29.9. The molecule has 1 aromatic heterocycles. The number of nitrogens with zero attached hydrogens (tertiary/aromatic N) is 2. The topological polar surface area (TPSA) is 98.2 Å². The van der Waals surface area contributed by atoms with Crippen LogP contribution in [0.15, 0.2) is 96.8 Å². The van der Waals surface area contributed by atoms with Crippen molar-refractivity contribution in [2.75, 3.05) is 6.61 Å². The van der Waals surface area contributed by atoms with Gasteiger partial charge in [-0.3, -0.25) is 14.6 Å². The van der Waals surface area contributed by atoms with Crippen LogP contribution in [-0.2, 0) is 29.2 Å². The maximum atomic E-state index is 13.6. The number of Topliss-reactive ketones (excluding diaryl/α,β-unsaturated/α-hetero) is 1. The minimum atomic E-state index is -0.862. The molecule has 218 valence electrons. The number of likely N-dealkylation sites (tertiary alicyclic amines) is 1. The number of fused-ring (bicyclic) bond motifs is 1. The van der Waals surface area contributed by atoms with Crippen LogP contribution in [0.2, 0.25) is 0 Å². The van der Waals surface area contributed by atoms with Crippen molar-refractivity contribution in [1.29, 1.82) is 0 Å². The molecule has 2 atom stereocenters. The number of rotatable bonds is 9. The number of benzene rings is 3. The van der Waals surface area contributed by atoms with Crippen LogP contribution in [0.25, 0.3) is 5.76 Å². The number of pyridine rings is 1. The fraction of sp³-hybridized carbons (Fsp3) is 0.229. The molecule has 1 N–H and O–H groups in total. The van der Waals surface area contributed by atoms with Gasteiger partial charge in [0, 0.05) is 30.9 Å². The lowest BCUT2D eigenvalue weighted by Crippen LogP contribution is -2.29. The molecule has 43 heavy (non-hydrogen) atoms. The second-order valence-corrected chi connectivity index (χ2v) is 10.7. The van der Waals surface area contributed by atoms with Gasteiger partial charge in [-0.1, -0.05) is 36.4 Å². The van der Waals surface area contributed by atoms with E-state index in [1.807, 2.05) is 56.3 Å². The smallest absolute Gasteiger partial charge is 0.295 e. The molecule has 1 amide bonds. The van der Waals surface area contributed by atoms with Gasteiger partial charge < -0.3 is 24.2 Å². The van der Waals surface area contributed by atoms with Crippen molar-refractivity contribution in [2.24, 2.45) is 0 Å². The van der Waals surface area contributed by atoms with E-state index in [-0.39, 0.29) is 24.0 Å². The van der Waals surface area contributed by atoms with E-state index in [1.165, 1.54) is 4.90 Å². The van der Waals surface area contributed by atoms with Crippen LogP contribution in [0.5, 0.6) is 17.2 Å². The fourth-order valence-electron chi connectivity index (χ4n) is 5.62. The summed E-state index contributed by atoms with van der Waals surface area (Å²) in [6, 6.07) is 23.2. The first-order valence-electron chi connectivity index (χ1n) is 14.3. The first-order valence-corrected chi connectivity index (χ1v) is 14.3. The Morgan fingerprint density at radius 1 is 0.953 bits per heavy atom. The molecule has 0 saturated carbocycles. The van der Waals surface area contributed by atoms with Gasteiger partial charge in [-0.05, 0) is 78.6 Å². The van der Waals surface area contributed by atoms with Crippen molar-refractivity contribution < 1.29 is 28.9 Å². The monoisotopic (exact) mass is 576 g/mol. The number of aliphatic hydroxyl groups excluding tert-OH is 1. The molecule has 0 spiro atoms. The molecular weight excluding hydrogens is 544 g/mol. The summed E-state index contributed by atoms with van der Waals surface area (Å²) in [5, 5.41) is 11.6. The van der Waals surface area contributed by atoms with E-state index >= 15 is 0 Å². The normalized spacial score (nSPS) is 18.8. The predicted molar refractivity (Wildman–Crippen MR) is 161 cm³/mol. The van der Waals surface area contributed by atoms with Crippen LogP contribution in [0.3, 0.4) is 0 Å². The maximum Gasteiger partial charge on any atom is 0.295 e. The Balaban J connectivity index is 1.43. The average molecular weight is 577 g/mol. The number of aliphatic hydroxyl groups is 1. The van der Waals surface area contributed by atoms with Gasteiger partial charge in [-0.25, -0.2) is 0 Å². The van der Waals surface area contributed by atoms with Crippen molar-refractivity contribution in [3.63, 3.8) is 0 Å². The minimum absolute atomic E-state index is 0.0198. The molecule has 8 heteroatoms. The number of carbonyl (C=O) groups is 2. The molecule has 8 nitrogen and oxygen atoms in total. The standard InChI is InChI=1S/C35H32N2O6/c1-3-41-30-19-25(9-12-29(30)42-21-24-7-5-4-6-8-24)32-31(33(38)26-10-11-28-27(18-26)17-22(2)43-28)34(39)35(40)37(32)20-23-13-15-36-16-14-23/h4-16,18-19,22,32,38H,3,17,20-21H2,1-2H3/t22-,32+/m1/s1. The summed E-state index contributed by atoms with van der Waals surface area (Å²) in [4.78, 5) is 32.7. The number of aromatic nitrogens is 1. The maximum absolute atomic E-state index is 13.6. The molecule has 0 radical (unpaired) electrons. The Hall–Kier alpha value is -5.11. The molecule has 6 rings (SSSR count). The molecule has 1 saturated heterocycles. The third-order valence-corrected chi connectivity index (χ3v) is 7.63. The summed E-state index contributed by atoms with van der Waals surface area (Å²) >= 11 is 0. The van der Waals surface area contributed by atoms with Gasteiger partial charge in [0.15, 0.2) is 11.5 Å². The number of ketones is 1. The van der Waals surface area contributed by atoms with E-state index in [0.29, 0.717) is 42.3 Å². The Labute approximate surface area is 250 Å². The Kier molecular flexibility index (Phi) is 7.83. The van der Waals surface area contributed by atoms with Gasteiger partial charge in [0.25, 0.3) is 11.7 Å². The van der Waals surface area contributed by atoms with Crippen LogP contribution < -0.4 is 14.2 Å². The van der Waals surface area contributed by atoms with E-state index in [2.05, 4.69) is 4.98 Å². The molecule has 0 unspecified atom stereocenters. The zero-order valence-electron chi connectivity index (χ0n) is 24.0. The van der Waals surface area contributed by atoms with E-state index in [1.54, 1.807) is 48.8 Å². The lowest BCUT2D eigenvalue weighted by Gasteiger charge is -2.26. The van der Waals surface area contributed by atoms with E-state index in [0.717, 1.165) is 22.4 Å². The summed E-state index contributed by atoms with van der Waals surface area (Å²) in [5.41, 5.74) is 3.84. The van der Waals surface area contributed by atoms with Crippen molar-refractivity contribution in [3.05, 3.63) is 125 Å². The highest BCUT2D eigenvalue weighted by Gasteiger charge is 2.46. The minimum Gasteiger partial charge on any atom is -0.507 e. The van der Waals surface area contributed by atoms with Crippen molar-refractivity contribution in [3.8, 4) is 17.2 Å². The number of hydrogen-bond donors (Lipinski definition) is 1. The second kappa shape index (κ2) is 12.0. The summed E-state index contributed by atoms with van der Waals surface area (Å²) < 4.78 is 17.9. The molecule has 4 aromatic rings. The number of amides is 1. The van der Waals surface area contributed by atoms with Gasteiger partial charge in [-0.2, -0.15) is 0 Å². The molecule has 3 heterocycles. The highest BCUT2D eigenvalue weighted by atomic mass is 16.5. The summed E-state index contributed by atoms with van der Waals surface area (Å²) in [5.74, 6) is 0.103. The number of carbonyl (C=O) groups excluding carboxylic acids is 2. The van der Waals surface area contributed by atoms with Crippen molar-refractivity contribution >= 4 is 17.4 Å². The SMILES string of the molecule is CCOc1cc([C@H]2C(=C(O)c3ccc4c(c3)C[C@@H](C)O4)C(=O)C(=O)N2Cc2ccncc2)ccc1OCc1ccccc1. The summed E-state index contributed by atoms with van der Waals surface area (Å²) in [6.45, 7) is 4.74. The van der Waals surface area contributed by atoms with Crippen molar-refractivity contribution in [2.45, 2.75) is 45.6 Å². The van der Waals surface area contributed by atoms with Gasteiger partial charge in [-0.15, -0.1) is 0 Å². The summed E-state index contributed by atoms with van der Waals surface area (Å²) in [6.07, 6.45) is 4.00. The second-order valence-electron chi connectivity index (χ2n) is 10.7. The first kappa shape index (κ1) is 28.0. The van der Waals surface area contributed by atoms with Gasteiger partial charge in [0.1, 0.15) is 24.2 Å². The van der Waals surface area contributed by atoms with Crippen LogP contribution in [0.4, 0.5) is 0 Å². The van der Waals surface area contributed by atoms with Gasteiger partial charge in [0.2, 0.25) is 0 Å². The van der Waals surface area contributed by atoms with E-state index in [4.69, 9.17) is 14.2 Å².